The molecule has 0 amide bonds. The van der Waals surface area contributed by atoms with E-state index in [9.17, 15) is 0 Å². The molecular formula is C23H34GeN+. The third-order valence-electron chi connectivity index (χ3n) is 5.82. The van der Waals surface area contributed by atoms with Crippen LogP contribution in [0, 0.1) is 12.8 Å². The summed E-state index contributed by atoms with van der Waals surface area (Å²) in [7, 11) is 2.23. The summed E-state index contributed by atoms with van der Waals surface area (Å²) in [6.45, 7) is 2.23. The van der Waals surface area contributed by atoms with E-state index in [1.807, 2.05) is 0 Å². The average Bonchev–Trinajstić information content (AvgIpc) is 2.57. The number of benzene rings is 1. The zero-order valence-corrected chi connectivity index (χ0v) is 18.8. The molecule has 1 saturated carbocycles. The molecule has 0 radical (unpaired) electrons. The van der Waals surface area contributed by atoms with Crippen molar-refractivity contribution in [3.8, 4) is 11.3 Å². The van der Waals surface area contributed by atoms with Crippen LogP contribution in [0.4, 0.5) is 0 Å². The minimum atomic E-state index is -1.89. The molecule has 1 heterocycles. The molecule has 1 nitrogen and oxygen atoms in total. The van der Waals surface area contributed by atoms with Gasteiger partial charge in [-0.05, 0) is 0 Å². The molecule has 134 valence electrons. The molecule has 0 unspecified atom stereocenters. The van der Waals surface area contributed by atoms with Gasteiger partial charge in [0.1, 0.15) is 0 Å². The summed E-state index contributed by atoms with van der Waals surface area (Å²) in [6, 6.07) is 11.3. The molecule has 1 aromatic heterocycles. The third kappa shape index (κ3) is 4.37. The van der Waals surface area contributed by atoms with Crippen molar-refractivity contribution in [1.29, 1.82) is 0 Å². The first-order valence-corrected chi connectivity index (χ1v) is 17.3. The SMILES string of the molecule is Cc1ccccc1-c1cc(CC2CCCCC2)[c]([Ge]([CH3])([CH3])[CH3])c[n+]1C. The predicted molar refractivity (Wildman–Crippen MR) is 111 cm³/mol. The first kappa shape index (κ1) is 18.7. The molecule has 2 heteroatoms. The number of nitrogens with zero attached hydrogens (tertiary/aromatic N) is 1. The molecule has 0 saturated heterocycles. The number of aryl methyl sites for hydroxylation is 2. The van der Waals surface area contributed by atoms with Gasteiger partial charge in [0.2, 0.25) is 0 Å². The fourth-order valence-electron chi connectivity index (χ4n) is 4.37. The minimum absolute atomic E-state index is 0.898. The van der Waals surface area contributed by atoms with Crippen LogP contribution in [0.5, 0.6) is 0 Å². The molecule has 1 aromatic carbocycles. The predicted octanol–water partition coefficient (Wildman–Crippen LogP) is 5.15. The van der Waals surface area contributed by atoms with E-state index in [2.05, 4.69) is 72.3 Å². The van der Waals surface area contributed by atoms with Crippen molar-refractivity contribution >= 4 is 17.7 Å². The van der Waals surface area contributed by atoms with Gasteiger partial charge in [0.15, 0.2) is 0 Å². The van der Waals surface area contributed by atoms with Crippen molar-refractivity contribution in [2.24, 2.45) is 13.0 Å². The zero-order chi connectivity index (χ0) is 18.0. The summed E-state index contributed by atoms with van der Waals surface area (Å²) >= 11 is -1.89. The maximum absolute atomic E-state index is 2.53. The average molecular weight is 397 g/mol. The molecule has 1 aliphatic rings. The number of pyridine rings is 1. The van der Waals surface area contributed by atoms with Gasteiger partial charge in [0, 0.05) is 0 Å². The second kappa shape index (κ2) is 7.65. The summed E-state index contributed by atoms with van der Waals surface area (Å²) in [5.74, 6) is 8.50. The van der Waals surface area contributed by atoms with E-state index < -0.39 is 13.3 Å². The van der Waals surface area contributed by atoms with Gasteiger partial charge >= 0.3 is 157 Å². The Morgan fingerprint density at radius 2 is 1.72 bits per heavy atom. The number of hydrogen-bond donors (Lipinski definition) is 0. The van der Waals surface area contributed by atoms with Crippen molar-refractivity contribution in [1.82, 2.24) is 0 Å². The Morgan fingerprint density at radius 3 is 2.36 bits per heavy atom. The van der Waals surface area contributed by atoms with Gasteiger partial charge in [0.05, 0.1) is 0 Å². The molecular weight excluding hydrogens is 363 g/mol. The van der Waals surface area contributed by atoms with E-state index in [0.29, 0.717) is 0 Å². The number of aromatic nitrogens is 1. The normalized spacial score (nSPS) is 16.2. The van der Waals surface area contributed by atoms with Gasteiger partial charge in [-0.2, -0.15) is 0 Å². The van der Waals surface area contributed by atoms with Crippen LogP contribution in [0.2, 0.25) is 17.3 Å². The molecule has 0 aliphatic heterocycles. The van der Waals surface area contributed by atoms with Crippen LogP contribution in [0.1, 0.15) is 43.2 Å². The molecule has 3 rings (SSSR count). The van der Waals surface area contributed by atoms with Gasteiger partial charge in [-0.3, -0.25) is 0 Å². The van der Waals surface area contributed by atoms with Crippen molar-refractivity contribution in [3.05, 3.63) is 47.7 Å². The Morgan fingerprint density at radius 1 is 1.04 bits per heavy atom. The van der Waals surface area contributed by atoms with Crippen LogP contribution in [-0.4, -0.2) is 13.3 Å². The van der Waals surface area contributed by atoms with Crippen LogP contribution in [0.15, 0.2) is 36.5 Å². The van der Waals surface area contributed by atoms with E-state index in [0.717, 1.165) is 5.92 Å². The molecule has 0 bridgehead atoms. The van der Waals surface area contributed by atoms with E-state index >= 15 is 0 Å². The first-order chi connectivity index (χ1) is 11.9. The van der Waals surface area contributed by atoms with Crippen molar-refractivity contribution < 1.29 is 4.57 Å². The second-order valence-corrected chi connectivity index (χ2v) is 19.6. The first-order valence-electron chi connectivity index (χ1n) is 9.95. The van der Waals surface area contributed by atoms with Crippen LogP contribution in [0.25, 0.3) is 11.3 Å². The summed E-state index contributed by atoms with van der Waals surface area (Å²) < 4.78 is 4.07. The summed E-state index contributed by atoms with van der Waals surface area (Å²) in [6.07, 6.45) is 10.9. The van der Waals surface area contributed by atoms with Crippen molar-refractivity contribution in [3.63, 3.8) is 0 Å². The summed E-state index contributed by atoms with van der Waals surface area (Å²) in [5.41, 5.74) is 5.77. The molecule has 0 atom stereocenters. The monoisotopic (exact) mass is 398 g/mol. The zero-order valence-electron chi connectivity index (χ0n) is 16.7. The third-order valence-corrected chi connectivity index (χ3v) is 10.2. The Kier molecular flexibility index (Phi) is 5.72. The van der Waals surface area contributed by atoms with Crippen LogP contribution in [-0.2, 0) is 13.5 Å². The van der Waals surface area contributed by atoms with Gasteiger partial charge in [0.25, 0.3) is 0 Å². The topological polar surface area (TPSA) is 3.88 Å². The number of rotatable bonds is 4. The van der Waals surface area contributed by atoms with Crippen LogP contribution >= 0.6 is 0 Å². The van der Waals surface area contributed by atoms with Crippen LogP contribution in [0.3, 0.4) is 0 Å². The van der Waals surface area contributed by atoms with E-state index in [-0.39, 0.29) is 0 Å². The van der Waals surface area contributed by atoms with Gasteiger partial charge in [-0.1, -0.05) is 0 Å². The molecule has 0 N–H and O–H groups in total. The number of hydrogen-bond acceptors (Lipinski definition) is 0. The van der Waals surface area contributed by atoms with E-state index in [1.54, 1.807) is 9.96 Å². The second-order valence-electron chi connectivity index (χ2n) is 8.98. The Bertz CT molecular complexity index is 736. The van der Waals surface area contributed by atoms with Gasteiger partial charge < -0.3 is 0 Å². The Balaban J connectivity index is 2.06. The van der Waals surface area contributed by atoms with E-state index in [4.69, 9.17) is 0 Å². The Hall–Kier alpha value is -1.09. The fraction of sp³-hybridized carbons (Fsp3) is 0.522. The van der Waals surface area contributed by atoms with E-state index in [1.165, 1.54) is 55.3 Å². The summed E-state index contributed by atoms with van der Waals surface area (Å²) in [5, 5.41) is 0. The van der Waals surface area contributed by atoms with Crippen LogP contribution < -0.4 is 8.96 Å². The molecule has 25 heavy (non-hydrogen) atoms. The van der Waals surface area contributed by atoms with Crippen molar-refractivity contribution in [2.45, 2.75) is 62.7 Å². The molecule has 1 fully saturated rings. The Labute approximate surface area is 156 Å². The maximum atomic E-state index is 2.53. The fourth-order valence-corrected chi connectivity index (χ4v) is 7.97. The standard InChI is InChI=1S/C23H34GeN/c1-18-11-9-10-14-21(18)23-16-20(15-19-12-7-6-8-13-19)22(17-25(23)5)24(2,3)4/h9-11,14,16-17,19H,6-8,12-13,15H2,1-5H3/q+1. The molecule has 1 aliphatic carbocycles. The quantitative estimate of drug-likeness (QED) is 0.496. The van der Waals surface area contributed by atoms with Crippen molar-refractivity contribution in [2.75, 3.05) is 0 Å². The molecule has 2 aromatic rings. The summed E-state index contributed by atoms with van der Waals surface area (Å²) in [4.78, 5) is 0. The molecule has 0 spiro atoms. The van der Waals surface area contributed by atoms with Gasteiger partial charge in [-0.25, -0.2) is 0 Å². The van der Waals surface area contributed by atoms with Gasteiger partial charge in [-0.15, -0.1) is 0 Å².